The summed E-state index contributed by atoms with van der Waals surface area (Å²) in [6.45, 7) is 0. The molecule has 0 aromatic rings. The lowest BCUT2D eigenvalue weighted by Crippen LogP contribution is -2.58. The van der Waals surface area contributed by atoms with Crippen molar-refractivity contribution in [2.75, 3.05) is 0 Å². The molecule has 0 aromatic heterocycles. The Morgan fingerprint density at radius 3 is 2.29 bits per heavy atom. The summed E-state index contributed by atoms with van der Waals surface area (Å²) in [5.41, 5.74) is 5.35. The first kappa shape index (κ1) is 12.6. The molecule has 0 unspecified atom stereocenters. The van der Waals surface area contributed by atoms with E-state index < -0.39 is 5.54 Å². The molecule has 2 amide bonds. The molecule has 2 saturated carbocycles. The van der Waals surface area contributed by atoms with Crippen LogP contribution in [0.1, 0.15) is 51.4 Å². The van der Waals surface area contributed by atoms with Gasteiger partial charge < -0.3 is 16.4 Å². The number of hydrogen-bond donors (Lipinski definition) is 3. The first-order chi connectivity index (χ1) is 8.12. The number of thiocarbonyl (C=S) groups is 1. The second-order valence-electron chi connectivity index (χ2n) is 5.23. The topological polar surface area (TPSA) is 67.1 Å². The maximum Gasteiger partial charge on any atom is 0.315 e. The molecule has 0 saturated heterocycles. The van der Waals surface area contributed by atoms with Gasteiger partial charge >= 0.3 is 6.03 Å². The molecule has 0 bridgehead atoms. The minimum absolute atomic E-state index is 0.105. The molecule has 17 heavy (non-hydrogen) atoms. The normalized spacial score (nSPS) is 23.5. The van der Waals surface area contributed by atoms with Crippen molar-refractivity contribution < 1.29 is 4.79 Å². The lowest BCUT2D eigenvalue weighted by molar-refractivity contribution is 0.229. The van der Waals surface area contributed by atoms with E-state index in [1.54, 1.807) is 0 Å². The number of rotatable bonds is 3. The van der Waals surface area contributed by atoms with Gasteiger partial charge in [-0.1, -0.05) is 37.9 Å². The number of carbonyl (C=O) groups is 1. The minimum Gasteiger partial charge on any atom is -0.391 e. The average Bonchev–Trinajstić information content (AvgIpc) is 2.89. The maximum absolute atomic E-state index is 11.9. The fourth-order valence-corrected chi connectivity index (χ4v) is 3.18. The van der Waals surface area contributed by atoms with Crippen molar-refractivity contribution in [1.29, 1.82) is 0 Å². The fourth-order valence-electron chi connectivity index (χ4n) is 2.92. The van der Waals surface area contributed by atoms with E-state index in [1.807, 2.05) is 0 Å². The monoisotopic (exact) mass is 255 g/mol. The van der Waals surface area contributed by atoms with Crippen LogP contribution in [0, 0.1) is 0 Å². The molecule has 96 valence electrons. The Hall–Kier alpha value is -0.840. The van der Waals surface area contributed by atoms with Gasteiger partial charge in [0.2, 0.25) is 0 Å². The molecule has 0 atom stereocenters. The van der Waals surface area contributed by atoms with Gasteiger partial charge in [0.15, 0.2) is 0 Å². The summed E-state index contributed by atoms with van der Waals surface area (Å²) in [5.74, 6) is 0. The van der Waals surface area contributed by atoms with Crippen LogP contribution in [0.2, 0.25) is 0 Å². The van der Waals surface area contributed by atoms with Gasteiger partial charge in [-0.25, -0.2) is 4.79 Å². The lowest BCUT2D eigenvalue weighted by atomic mass is 9.98. The third-order valence-corrected chi connectivity index (χ3v) is 4.36. The number of carbonyl (C=O) groups excluding carboxylic acids is 1. The van der Waals surface area contributed by atoms with Crippen LogP contribution in [0.25, 0.3) is 0 Å². The van der Waals surface area contributed by atoms with Crippen LogP contribution in [0.15, 0.2) is 0 Å². The zero-order chi connectivity index (χ0) is 12.3. The molecule has 0 aliphatic heterocycles. The molecule has 4 N–H and O–H groups in total. The molecule has 0 radical (unpaired) electrons. The van der Waals surface area contributed by atoms with Crippen molar-refractivity contribution >= 4 is 23.2 Å². The highest BCUT2D eigenvalue weighted by Gasteiger charge is 2.38. The van der Waals surface area contributed by atoms with Gasteiger partial charge in [-0.3, -0.25) is 0 Å². The van der Waals surface area contributed by atoms with Crippen molar-refractivity contribution in [3.8, 4) is 0 Å². The van der Waals surface area contributed by atoms with Gasteiger partial charge in [0.1, 0.15) is 0 Å². The number of nitrogens with two attached hydrogens (primary N) is 1. The molecule has 0 aromatic carbocycles. The summed E-state index contributed by atoms with van der Waals surface area (Å²) in [4.78, 5) is 12.4. The largest absolute Gasteiger partial charge is 0.391 e. The molecule has 0 spiro atoms. The van der Waals surface area contributed by atoms with Crippen LogP contribution in [-0.2, 0) is 0 Å². The molecule has 2 aliphatic carbocycles. The summed E-state index contributed by atoms with van der Waals surface area (Å²) in [7, 11) is 0. The first-order valence-corrected chi connectivity index (χ1v) is 6.92. The van der Waals surface area contributed by atoms with Crippen molar-refractivity contribution in [1.82, 2.24) is 10.6 Å². The molecule has 4 nitrogen and oxygen atoms in total. The third kappa shape index (κ3) is 2.89. The summed E-state index contributed by atoms with van der Waals surface area (Å²) >= 11 is 5.10. The third-order valence-electron chi connectivity index (χ3n) is 3.97. The van der Waals surface area contributed by atoms with Gasteiger partial charge in [0.25, 0.3) is 0 Å². The maximum atomic E-state index is 11.9. The first-order valence-electron chi connectivity index (χ1n) is 6.51. The van der Waals surface area contributed by atoms with Crippen molar-refractivity contribution in [2.45, 2.75) is 62.9 Å². The highest BCUT2D eigenvalue weighted by atomic mass is 32.1. The van der Waals surface area contributed by atoms with Crippen LogP contribution in [0.3, 0.4) is 0 Å². The van der Waals surface area contributed by atoms with E-state index in [1.165, 1.54) is 12.8 Å². The van der Waals surface area contributed by atoms with Crippen molar-refractivity contribution in [3.63, 3.8) is 0 Å². The lowest BCUT2D eigenvalue weighted by Gasteiger charge is -2.29. The summed E-state index contributed by atoms with van der Waals surface area (Å²) in [6, 6.07) is 0.228. The quantitative estimate of drug-likeness (QED) is 0.674. The van der Waals surface area contributed by atoms with E-state index in [0.29, 0.717) is 11.0 Å². The van der Waals surface area contributed by atoms with Crippen LogP contribution < -0.4 is 16.4 Å². The minimum atomic E-state index is -0.433. The van der Waals surface area contributed by atoms with Gasteiger partial charge in [-0.2, -0.15) is 0 Å². The zero-order valence-electron chi connectivity index (χ0n) is 10.1. The number of urea groups is 1. The van der Waals surface area contributed by atoms with Crippen LogP contribution in [0.5, 0.6) is 0 Å². The predicted molar refractivity (Wildman–Crippen MR) is 71.9 cm³/mol. The van der Waals surface area contributed by atoms with Gasteiger partial charge in [0.05, 0.1) is 10.5 Å². The SMILES string of the molecule is NC(=S)C1(NC(=O)NC2CCCC2)CCCC1. The zero-order valence-corrected chi connectivity index (χ0v) is 10.9. The number of nitrogens with one attached hydrogen (secondary N) is 2. The summed E-state index contributed by atoms with van der Waals surface area (Å²) < 4.78 is 0. The second kappa shape index (κ2) is 5.21. The van der Waals surface area contributed by atoms with Crippen molar-refractivity contribution in [3.05, 3.63) is 0 Å². The van der Waals surface area contributed by atoms with Crippen LogP contribution >= 0.6 is 12.2 Å². The molecule has 2 rings (SSSR count). The fraction of sp³-hybridized carbons (Fsp3) is 0.833. The highest BCUT2D eigenvalue weighted by Crippen LogP contribution is 2.30. The summed E-state index contributed by atoms with van der Waals surface area (Å²) in [6.07, 6.45) is 8.53. The van der Waals surface area contributed by atoms with E-state index in [9.17, 15) is 4.79 Å². The molecule has 2 aliphatic rings. The van der Waals surface area contributed by atoms with Gasteiger partial charge in [-0.05, 0) is 25.7 Å². The summed E-state index contributed by atoms with van der Waals surface area (Å²) in [5, 5.41) is 6.02. The smallest absolute Gasteiger partial charge is 0.315 e. The Kier molecular flexibility index (Phi) is 3.86. The molecular formula is C12H21N3OS. The van der Waals surface area contributed by atoms with E-state index in [2.05, 4.69) is 10.6 Å². The van der Waals surface area contributed by atoms with E-state index in [4.69, 9.17) is 18.0 Å². The van der Waals surface area contributed by atoms with Crippen LogP contribution in [-0.4, -0.2) is 22.6 Å². The van der Waals surface area contributed by atoms with E-state index in [0.717, 1.165) is 38.5 Å². The van der Waals surface area contributed by atoms with E-state index in [-0.39, 0.29) is 6.03 Å². The standard InChI is InChI=1S/C12H21N3OS/c13-10(17)12(7-3-4-8-12)15-11(16)14-9-5-1-2-6-9/h9H,1-8H2,(H2,13,17)(H2,14,15,16). The Morgan fingerprint density at radius 2 is 1.76 bits per heavy atom. The molecule has 0 heterocycles. The number of hydrogen-bond acceptors (Lipinski definition) is 2. The predicted octanol–water partition coefficient (Wildman–Crippen LogP) is 1.83. The molecular weight excluding hydrogens is 234 g/mol. The highest BCUT2D eigenvalue weighted by molar-refractivity contribution is 7.80. The Morgan fingerprint density at radius 1 is 1.18 bits per heavy atom. The molecule has 2 fully saturated rings. The Bertz CT molecular complexity index is 307. The molecule has 5 heteroatoms. The van der Waals surface area contributed by atoms with Gasteiger partial charge in [0, 0.05) is 6.04 Å². The number of amides is 2. The Balaban J connectivity index is 1.89. The average molecular weight is 255 g/mol. The van der Waals surface area contributed by atoms with E-state index >= 15 is 0 Å². The second-order valence-corrected chi connectivity index (χ2v) is 5.67. The Labute approximate surface area is 108 Å². The van der Waals surface area contributed by atoms with Crippen LogP contribution in [0.4, 0.5) is 4.79 Å². The van der Waals surface area contributed by atoms with Gasteiger partial charge in [-0.15, -0.1) is 0 Å². The van der Waals surface area contributed by atoms with Crippen molar-refractivity contribution in [2.24, 2.45) is 5.73 Å².